The van der Waals surface area contributed by atoms with Crippen molar-refractivity contribution >= 4 is 22.4 Å². The van der Waals surface area contributed by atoms with Crippen LogP contribution in [0.2, 0.25) is 0 Å². The predicted octanol–water partition coefficient (Wildman–Crippen LogP) is 1.54. The fraction of sp³-hybridized carbons (Fsp3) is 0.600. The predicted molar refractivity (Wildman–Crippen MR) is 86.0 cm³/mol. The van der Waals surface area contributed by atoms with Crippen molar-refractivity contribution in [1.29, 1.82) is 0 Å². The maximum atomic E-state index is 12.0. The summed E-state index contributed by atoms with van der Waals surface area (Å²) in [7, 11) is -2.40. The zero-order valence-corrected chi connectivity index (χ0v) is 14.8. The van der Waals surface area contributed by atoms with Crippen LogP contribution in [-0.2, 0) is 30.5 Å². The van der Waals surface area contributed by atoms with Gasteiger partial charge in [0.15, 0.2) is 9.84 Å². The topological polar surface area (TPSA) is 61.8 Å². The zero-order chi connectivity index (χ0) is 16.8. The van der Waals surface area contributed by atoms with Gasteiger partial charge >= 0.3 is 7.12 Å². The Kier molecular flexibility index (Phi) is 4.47. The van der Waals surface area contributed by atoms with E-state index in [-0.39, 0.29) is 11.5 Å². The Morgan fingerprint density at radius 1 is 1.14 bits per heavy atom. The second-order valence-electron chi connectivity index (χ2n) is 6.66. The van der Waals surface area contributed by atoms with Crippen LogP contribution in [0.1, 0.15) is 33.3 Å². The van der Waals surface area contributed by atoms with E-state index in [1.807, 2.05) is 33.8 Å². The third kappa shape index (κ3) is 3.22. The van der Waals surface area contributed by atoms with E-state index in [0.717, 1.165) is 0 Å². The molecule has 1 aromatic carbocycles. The Labute approximate surface area is 133 Å². The molecule has 0 bridgehead atoms. The van der Waals surface area contributed by atoms with E-state index in [9.17, 15) is 8.42 Å². The second-order valence-corrected chi connectivity index (χ2v) is 8.64. The molecule has 1 aliphatic heterocycles. The smallest absolute Gasteiger partial charge is 0.399 e. The first-order valence-electron chi connectivity index (χ1n) is 7.15. The Bertz CT molecular complexity index is 651. The summed E-state index contributed by atoms with van der Waals surface area (Å²) >= 11 is 0. The van der Waals surface area contributed by atoms with Crippen LogP contribution >= 0.6 is 0 Å². The molecular formula is C15H23BO5S. The number of hydrogen-bond acceptors (Lipinski definition) is 5. The summed E-state index contributed by atoms with van der Waals surface area (Å²) in [5, 5.41) is 0. The molecule has 1 heterocycles. The summed E-state index contributed by atoms with van der Waals surface area (Å²) in [6.07, 6.45) is 1.19. The highest BCUT2D eigenvalue weighted by atomic mass is 32.2. The normalized spacial score (nSPS) is 20.4. The van der Waals surface area contributed by atoms with Gasteiger partial charge in [-0.2, -0.15) is 0 Å². The average molecular weight is 326 g/mol. The lowest BCUT2D eigenvalue weighted by atomic mass is 9.79. The van der Waals surface area contributed by atoms with E-state index in [1.54, 1.807) is 12.1 Å². The fourth-order valence-corrected chi connectivity index (χ4v) is 3.27. The molecule has 1 fully saturated rings. The third-order valence-corrected chi connectivity index (χ3v) is 5.49. The van der Waals surface area contributed by atoms with Gasteiger partial charge in [-0.3, -0.25) is 0 Å². The summed E-state index contributed by atoms with van der Waals surface area (Å²) in [6, 6.07) is 5.19. The Morgan fingerprint density at radius 2 is 1.68 bits per heavy atom. The lowest BCUT2D eigenvalue weighted by Crippen LogP contribution is -2.41. The van der Waals surface area contributed by atoms with E-state index < -0.39 is 28.2 Å². The molecule has 0 spiro atoms. The molecule has 122 valence electrons. The number of methoxy groups -OCH3 is 1. The SMILES string of the molecule is COCc1ccc(B2OC(C)(C)C(C)(C)O2)cc1S(C)(=O)=O. The van der Waals surface area contributed by atoms with Crippen LogP contribution in [0.15, 0.2) is 23.1 Å². The van der Waals surface area contributed by atoms with Crippen molar-refractivity contribution in [3.8, 4) is 0 Å². The zero-order valence-electron chi connectivity index (χ0n) is 14.0. The minimum Gasteiger partial charge on any atom is -0.399 e. The van der Waals surface area contributed by atoms with E-state index in [0.29, 0.717) is 11.0 Å². The van der Waals surface area contributed by atoms with Crippen LogP contribution in [0, 0.1) is 0 Å². The summed E-state index contributed by atoms with van der Waals surface area (Å²) in [4.78, 5) is 0.251. The third-order valence-electron chi connectivity index (χ3n) is 4.32. The number of benzene rings is 1. The molecule has 0 saturated carbocycles. The van der Waals surface area contributed by atoms with Gasteiger partial charge in [-0.15, -0.1) is 0 Å². The Morgan fingerprint density at radius 3 is 2.14 bits per heavy atom. The molecule has 0 amide bonds. The van der Waals surface area contributed by atoms with Gasteiger partial charge in [0.05, 0.1) is 22.7 Å². The number of rotatable bonds is 4. The van der Waals surface area contributed by atoms with Crippen molar-refractivity contribution in [2.45, 2.75) is 50.4 Å². The molecular weight excluding hydrogens is 303 g/mol. The Balaban J connectivity index is 2.43. The molecule has 0 unspecified atom stereocenters. The molecule has 2 rings (SSSR count). The van der Waals surface area contributed by atoms with E-state index in [4.69, 9.17) is 14.0 Å². The van der Waals surface area contributed by atoms with Crippen molar-refractivity contribution in [1.82, 2.24) is 0 Å². The monoisotopic (exact) mass is 326 g/mol. The molecule has 0 N–H and O–H groups in total. The van der Waals surface area contributed by atoms with Crippen molar-refractivity contribution in [3.63, 3.8) is 0 Å². The van der Waals surface area contributed by atoms with Crippen molar-refractivity contribution in [2.24, 2.45) is 0 Å². The van der Waals surface area contributed by atoms with Crippen LogP contribution in [0.5, 0.6) is 0 Å². The molecule has 5 nitrogen and oxygen atoms in total. The lowest BCUT2D eigenvalue weighted by Gasteiger charge is -2.32. The Hall–Kier alpha value is -0.885. The molecule has 0 radical (unpaired) electrons. The maximum absolute atomic E-state index is 12.0. The average Bonchev–Trinajstić information content (AvgIpc) is 2.58. The van der Waals surface area contributed by atoms with Gasteiger partial charge in [0.25, 0.3) is 0 Å². The van der Waals surface area contributed by atoms with Crippen molar-refractivity contribution in [2.75, 3.05) is 13.4 Å². The van der Waals surface area contributed by atoms with Gasteiger partial charge in [0, 0.05) is 13.4 Å². The molecule has 22 heavy (non-hydrogen) atoms. The van der Waals surface area contributed by atoms with Gasteiger partial charge < -0.3 is 14.0 Å². The quantitative estimate of drug-likeness (QED) is 0.786. The van der Waals surface area contributed by atoms with Crippen molar-refractivity contribution < 1.29 is 22.5 Å². The maximum Gasteiger partial charge on any atom is 0.494 e. The molecule has 1 aromatic rings. The van der Waals surface area contributed by atoms with E-state index in [2.05, 4.69) is 0 Å². The van der Waals surface area contributed by atoms with Gasteiger partial charge in [-0.1, -0.05) is 12.1 Å². The highest BCUT2D eigenvalue weighted by Gasteiger charge is 2.51. The molecule has 0 aliphatic carbocycles. The van der Waals surface area contributed by atoms with Gasteiger partial charge in [0.2, 0.25) is 0 Å². The standard InChI is InChI=1S/C15H23BO5S/c1-14(2)15(3,4)21-16(20-14)12-8-7-11(10-19-5)13(9-12)22(6,17)18/h7-9H,10H2,1-6H3. The summed E-state index contributed by atoms with van der Waals surface area (Å²) < 4.78 is 41.0. The minimum absolute atomic E-state index is 0.242. The first-order valence-corrected chi connectivity index (χ1v) is 9.04. The largest absolute Gasteiger partial charge is 0.494 e. The fourth-order valence-electron chi connectivity index (χ4n) is 2.32. The van der Waals surface area contributed by atoms with Gasteiger partial charge in [-0.05, 0) is 44.8 Å². The van der Waals surface area contributed by atoms with Crippen molar-refractivity contribution in [3.05, 3.63) is 23.8 Å². The van der Waals surface area contributed by atoms with E-state index in [1.165, 1.54) is 13.4 Å². The molecule has 7 heteroatoms. The molecule has 1 saturated heterocycles. The van der Waals surface area contributed by atoms with Crippen LogP contribution in [0.4, 0.5) is 0 Å². The highest BCUT2D eigenvalue weighted by molar-refractivity contribution is 7.90. The summed E-state index contributed by atoms with van der Waals surface area (Å²) in [5.41, 5.74) is 0.395. The second kappa shape index (κ2) is 5.63. The molecule has 1 aliphatic rings. The van der Waals surface area contributed by atoms with Gasteiger partial charge in [0.1, 0.15) is 0 Å². The van der Waals surface area contributed by atoms with Gasteiger partial charge in [-0.25, -0.2) is 8.42 Å². The molecule has 0 aromatic heterocycles. The lowest BCUT2D eigenvalue weighted by molar-refractivity contribution is 0.00578. The number of ether oxygens (including phenoxy) is 1. The van der Waals surface area contributed by atoms with E-state index >= 15 is 0 Å². The first-order chi connectivity index (χ1) is 9.98. The first kappa shape index (κ1) is 17.5. The van der Waals surface area contributed by atoms with Crippen LogP contribution in [0.25, 0.3) is 0 Å². The highest BCUT2D eigenvalue weighted by Crippen LogP contribution is 2.36. The van der Waals surface area contributed by atoms with Crippen LogP contribution in [-0.4, -0.2) is 40.1 Å². The van der Waals surface area contributed by atoms with Crippen LogP contribution in [0.3, 0.4) is 0 Å². The number of hydrogen-bond donors (Lipinski definition) is 0. The minimum atomic E-state index is -3.36. The van der Waals surface area contributed by atoms with Crippen LogP contribution < -0.4 is 5.46 Å². The molecule has 0 atom stereocenters. The number of sulfone groups is 1. The summed E-state index contributed by atoms with van der Waals surface area (Å²) in [5.74, 6) is 0. The summed E-state index contributed by atoms with van der Waals surface area (Å²) in [6.45, 7) is 8.09.